The minimum atomic E-state index is -3.74. The van der Waals surface area contributed by atoms with Gasteiger partial charge in [-0.15, -0.1) is 11.8 Å². The number of thioether (sulfide) groups is 1. The number of carbonyl (C=O) groups is 1. The Morgan fingerprint density at radius 3 is 2.28 bits per heavy atom. The molecule has 0 radical (unpaired) electrons. The maximum Gasteiger partial charge on any atom is 0.238 e. The Morgan fingerprint density at radius 1 is 1.12 bits per heavy atom. The standard InChI is InChI=1S/C17H19ClN2O3S2/c1-11(15-5-3-4-6-16(15)18)24-12(2)17(21)20-13-7-9-14(10-8-13)25(19,22)23/h3-12H,1-2H3,(H,20,21)(H2,19,22,23). The average Bonchev–Trinajstić information content (AvgIpc) is 2.54. The van der Waals surface area contributed by atoms with Gasteiger partial charge in [-0.25, -0.2) is 13.6 Å². The zero-order valence-electron chi connectivity index (χ0n) is 13.8. The maximum absolute atomic E-state index is 12.3. The Morgan fingerprint density at radius 2 is 1.72 bits per heavy atom. The second-order valence-electron chi connectivity index (χ2n) is 5.50. The van der Waals surface area contributed by atoms with Gasteiger partial charge in [0.2, 0.25) is 15.9 Å². The Kier molecular flexibility index (Phi) is 6.51. The third-order valence-electron chi connectivity index (χ3n) is 3.57. The first-order valence-electron chi connectivity index (χ1n) is 7.52. The molecular weight excluding hydrogens is 380 g/mol. The molecular formula is C17H19ClN2O3S2. The third-order valence-corrected chi connectivity index (χ3v) is 6.13. The summed E-state index contributed by atoms with van der Waals surface area (Å²) in [5.41, 5.74) is 1.49. The van der Waals surface area contributed by atoms with Gasteiger partial charge >= 0.3 is 0 Å². The molecule has 1 amide bonds. The van der Waals surface area contributed by atoms with E-state index in [1.807, 2.05) is 38.1 Å². The number of benzene rings is 2. The molecule has 0 saturated carbocycles. The lowest BCUT2D eigenvalue weighted by Crippen LogP contribution is -2.23. The Hall–Kier alpha value is -1.54. The van der Waals surface area contributed by atoms with E-state index in [2.05, 4.69) is 5.32 Å². The minimum absolute atomic E-state index is 0.000245. The zero-order chi connectivity index (χ0) is 18.6. The fraction of sp³-hybridized carbons (Fsp3) is 0.235. The summed E-state index contributed by atoms with van der Waals surface area (Å²) in [6, 6.07) is 13.3. The second-order valence-corrected chi connectivity index (χ2v) is 9.16. The van der Waals surface area contributed by atoms with Crippen LogP contribution in [0.5, 0.6) is 0 Å². The Balaban J connectivity index is 1.99. The predicted molar refractivity (Wildman–Crippen MR) is 103 cm³/mol. The highest BCUT2D eigenvalue weighted by atomic mass is 35.5. The molecule has 5 nitrogen and oxygen atoms in total. The molecule has 0 aliphatic carbocycles. The molecule has 2 rings (SSSR count). The van der Waals surface area contributed by atoms with Crippen molar-refractivity contribution >= 4 is 45.0 Å². The van der Waals surface area contributed by atoms with Crippen LogP contribution >= 0.6 is 23.4 Å². The van der Waals surface area contributed by atoms with Crippen LogP contribution in [0.15, 0.2) is 53.4 Å². The smallest absolute Gasteiger partial charge is 0.238 e. The number of nitrogens with one attached hydrogen (secondary N) is 1. The maximum atomic E-state index is 12.3. The van der Waals surface area contributed by atoms with Crippen molar-refractivity contribution in [2.45, 2.75) is 29.2 Å². The summed E-state index contributed by atoms with van der Waals surface area (Å²) in [6.45, 7) is 3.81. The molecule has 0 aliphatic rings. The summed E-state index contributed by atoms with van der Waals surface area (Å²) in [5.74, 6) is -0.174. The van der Waals surface area contributed by atoms with Crippen LogP contribution in [-0.2, 0) is 14.8 Å². The molecule has 0 spiro atoms. The molecule has 2 aromatic carbocycles. The number of anilines is 1. The van der Waals surface area contributed by atoms with E-state index in [1.54, 1.807) is 0 Å². The molecule has 8 heteroatoms. The van der Waals surface area contributed by atoms with Gasteiger partial charge in [-0.2, -0.15) is 0 Å². The van der Waals surface area contributed by atoms with Crippen LogP contribution in [0.4, 0.5) is 5.69 Å². The van der Waals surface area contributed by atoms with Gasteiger partial charge in [-0.1, -0.05) is 29.8 Å². The number of nitrogens with two attached hydrogens (primary N) is 1. The number of rotatable bonds is 6. The van der Waals surface area contributed by atoms with E-state index >= 15 is 0 Å². The minimum Gasteiger partial charge on any atom is -0.325 e. The molecule has 0 aliphatic heterocycles. The van der Waals surface area contributed by atoms with E-state index in [4.69, 9.17) is 16.7 Å². The lowest BCUT2D eigenvalue weighted by atomic mass is 10.2. The highest BCUT2D eigenvalue weighted by Gasteiger charge is 2.19. The number of hydrogen-bond acceptors (Lipinski definition) is 4. The topological polar surface area (TPSA) is 89.3 Å². The lowest BCUT2D eigenvalue weighted by molar-refractivity contribution is -0.115. The van der Waals surface area contributed by atoms with Crippen molar-refractivity contribution in [2.75, 3.05) is 5.32 Å². The van der Waals surface area contributed by atoms with E-state index in [0.717, 1.165) is 5.56 Å². The molecule has 2 unspecified atom stereocenters. The van der Waals surface area contributed by atoms with E-state index in [0.29, 0.717) is 10.7 Å². The van der Waals surface area contributed by atoms with E-state index < -0.39 is 10.0 Å². The van der Waals surface area contributed by atoms with Gasteiger partial charge in [-0.3, -0.25) is 4.79 Å². The van der Waals surface area contributed by atoms with Crippen molar-refractivity contribution in [3.63, 3.8) is 0 Å². The molecule has 0 bridgehead atoms. The van der Waals surface area contributed by atoms with Gasteiger partial charge < -0.3 is 5.32 Å². The van der Waals surface area contributed by atoms with Crippen molar-refractivity contribution in [1.29, 1.82) is 0 Å². The predicted octanol–water partition coefficient (Wildman–Crippen LogP) is 3.81. The summed E-state index contributed by atoms with van der Waals surface area (Å²) in [7, 11) is -3.74. The molecule has 25 heavy (non-hydrogen) atoms. The highest BCUT2D eigenvalue weighted by Crippen LogP contribution is 2.35. The van der Waals surface area contributed by atoms with E-state index in [9.17, 15) is 13.2 Å². The number of amides is 1. The van der Waals surface area contributed by atoms with Gasteiger partial charge in [-0.05, 0) is 49.7 Å². The number of carbonyl (C=O) groups excluding carboxylic acids is 1. The van der Waals surface area contributed by atoms with Crippen molar-refractivity contribution in [3.8, 4) is 0 Å². The van der Waals surface area contributed by atoms with Gasteiger partial charge in [0, 0.05) is 16.0 Å². The normalized spacial score (nSPS) is 13.9. The van der Waals surface area contributed by atoms with Gasteiger partial charge in [0.05, 0.1) is 10.1 Å². The van der Waals surface area contributed by atoms with Crippen molar-refractivity contribution in [2.24, 2.45) is 5.14 Å². The molecule has 2 atom stereocenters. The van der Waals surface area contributed by atoms with Crippen molar-refractivity contribution in [3.05, 3.63) is 59.1 Å². The Labute approximate surface area is 157 Å². The summed E-state index contributed by atoms with van der Waals surface area (Å²) in [6.07, 6.45) is 0. The van der Waals surface area contributed by atoms with Crippen LogP contribution in [-0.4, -0.2) is 19.6 Å². The highest BCUT2D eigenvalue weighted by molar-refractivity contribution is 8.00. The van der Waals surface area contributed by atoms with Crippen LogP contribution in [0.1, 0.15) is 24.7 Å². The Bertz CT molecular complexity index is 854. The summed E-state index contributed by atoms with van der Waals surface area (Å²) < 4.78 is 22.5. The van der Waals surface area contributed by atoms with E-state index in [-0.39, 0.29) is 21.3 Å². The van der Waals surface area contributed by atoms with Crippen LogP contribution in [0.3, 0.4) is 0 Å². The zero-order valence-corrected chi connectivity index (χ0v) is 16.2. The van der Waals surface area contributed by atoms with Crippen LogP contribution < -0.4 is 10.5 Å². The average molecular weight is 399 g/mol. The molecule has 0 aromatic heterocycles. The number of halogens is 1. The molecule has 0 fully saturated rings. The summed E-state index contributed by atoms with van der Waals surface area (Å²) in [4.78, 5) is 12.3. The number of sulfonamides is 1. The van der Waals surface area contributed by atoms with E-state index in [1.165, 1.54) is 36.0 Å². The fourth-order valence-corrected chi connectivity index (χ4v) is 4.24. The molecule has 2 aromatic rings. The number of hydrogen-bond donors (Lipinski definition) is 2. The molecule has 0 heterocycles. The van der Waals surface area contributed by atoms with Gasteiger partial charge in [0.15, 0.2) is 0 Å². The number of primary sulfonamides is 1. The molecule has 0 saturated heterocycles. The van der Waals surface area contributed by atoms with Gasteiger partial charge in [0.25, 0.3) is 0 Å². The largest absolute Gasteiger partial charge is 0.325 e. The quantitative estimate of drug-likeness (QED) is 0.774. The summed E-state index contributed by atoms with van der Waals surface area (Å²) >= 11 is 7.68. The first-order chi connectivity index (χ1) is 11.7. The van der Waals surface area contributed by atoms with Crippen molar-refractivity contribution < 1.29 is 13.2 Å². The lowest BCUT2D eigenvalue weighted by Gasteiger charge is -2.18. The van der Waals surface area contributed by atoms with Crippen LogP contribution in [0.2, 0.25) is 5.02 Å². The third kappa shape index (κ3) is 5.47. The fourth-order valence-electron chi connectivity index (χ4n) is 2.22. The molecule has 3 N–H and O–H groups in total. The first-order valence-corrected chi connectivity index (χ1v) is 10.4. The second kappa shape index (κ2) is 8.23. The SMILES string of the molecule is CC(SC(C)c1ccccc1Cl)C(=O)Nc1ccc(S(N)(=O)=O)cc1. The van der Waals surface area contributed by atoms with Crippen LogP contribution in [0, 0.1) is 0 Å². The summed E-state index contributed by atoms with van der Waals surface area (Å²) in [5, 5.41) is 8.23. The van der Waals surface area contributed by atoms with Crippen molar-refractivity contribution in [1.82, 2.24) is 0 Å². The first kappa shape index (κ1) is 19.8. The molecule has 134 valence electrons. The monoisotopic (exact) mass is 398 g/mol. The van der Waals surface area contributed by atoms with Crippen LogP contribution in [0.25, 0.3) is 0 Å². The van der Waals surface area contributed by atoms with Gasteiger partial charge in [0.1, 0.15) is 0 Å².